The summed E-state index contributed by atoms with van der Waals surface area (Å²) >= 11 is 0. The van der Waals surface area contributed by atoms with Crippen molar-refractivity contribution < 1.29 is 9.47 Å². The Morgan fingerprint density at radius 2 is 2.27 bits per heavy atom. The Bertz CT molecular complexity index is 314. The normalized spacial score (nSPS) is 28.9. The first-order valence-electron chi connectivity index (χ1n) is 5.49. The van der Waals surface area contributed by atoms with Gasteiger partial charge in [0, 0.05) is 12.3 Å². The molecule has 1 saturated carbocycles. The topological polar surface area (TPSA) is 49.2 Å². The standard InChI is InChI=1S/C10H15N3O2/c1-2-9(6-13-8-11-7-12-13)10(3-1)14-4-5-15-10/h7-9H,1-6H2. The van der Waals surface area contributed by atoms with Gasteiger partial charge in [-0.1, -0.05) is 0 Å². The molecule has 1 aliphatic carbocycles. The molecule has 0 aromatic carbocycles. The van der Waals surface area contributed by atoms with Crippen LogP contribution in [0.5, 0.6) is 0 Å². The molecule has 0 radical (unpaired) electrons. The minimum absolute atomic E-state index is 0.314. The lowest BCUT2D eigenvalue weighted by Crippen LogP contribution is -2.36. The first-order valence-corrected chi connectivity index (χ1v) is 5.49. The monoisotopic (exact) mass is 209 g/mol. The van der Waals surface area contributed by atoms with Gasteiger partial charge in [0.15, 0.2) is 5.79 Å². The molecule has 2 fully saturated rings. The fourth-order valence-electron chi connectivity index (χ4n) is 2.65. The van der Waals surface area contributed by atoms with Gasteiger partial charge in [0.2, 0.25) is 0 Å². The van der Waals surface area contributed by atoms with Crippen LogP contribution >= 0.6 is 0 Å². The zero-order valence-corrected chi connectivity index (χ0v) is 8.63. The average molecular weight is 209 g/mol. The quantitative estimate of drug-likeness (QED) is 0.723. The second-order valence-electron chi connectivity index (χ2n) is 4.22. The van der Waals surface area contributed by atoms with E-state index in [2.05, 4.69) is 10.1 Å². The van der Waals surface area contributed by atoms with E-state index in [0.29, 0.717) is 5.92 Å². The predicted octanol–water partition coefficient (Wildman–Crippen LogP) is 0.821. The Kier molecular flexibility index (Phi) is 2.21. The van der Waals surface area contributed by atoms with Crippen LogP contribution < -0.4 is 0 Å². The van der Waals surface area contributed by atoms with Crippen LogP contribution in [0.2, 0.25) is 0 Å². The maximum absolute atomic E-state index is 5.78. The van der Waals surface area contributed by atoms with Crippen LogP contribution in [0.3, 0.4) is 0 Å². The van der Waals surface area contributed by atoms with Crippen molar-refractivity contribution in [2.45, 2.75) is 31.6 Å². The van der Waals surface area contributed by atoms with Crippen molar-refractivity contribution in [2.75, 3.05) is 13.2 Å². The number of ether oxygens (including phenoxy) is 2. The fraction of sp³-hybridized carbons (Fsp3) is 0.800. The maximum Gasteiger partial charge on any atom is 0.173 e. The average Bonchev–Trinajstić information content (AvgIpc) is 2.93. The molecule has 82 valence electrons. The van der Waals surface area contributed by atoms with Crippen molar-refractivity contribution in [3.8, 4) is 0 Å². The van der Waals surface area contributed by atoms with Gasteiger partial charge in [-0.15, -0.1) is 0 Å². The summed E-state index contributed by atoms with van der Waals surface area (Å²) in [5.41, 5.74) is 0. The lowest BCUT2D eigenvalue weighted by molar-refractivity contribution is -0.184. The molecule has 1 saturated heterocycles. The number of nitrogens with zero attached hydrogens (tertiary/aromatic N) is 3. The molecule has 1 aromatic rings. The highest BCUT2D eigenvalue weighted by Crippen LogP contribution is 2.42. The molecule has 0 amide bonds. The van der Waals surface area contributed by atoms with Gasteiger partial charge in [0.05, 0.1) is 19.8 Å². The molecule has 3 rings (SSSR count). The van der Waals surface area contributed by atoms with Gasteiger partial charge in [0.1, 0.15) is 12.7 Å². The first-order chi connectivity index (χ1) is 7.39. The van der Waals surface area contributed by atoms with Crippen LogP contribution in [-0.4, -0.2) is 33.8 Å². The molecule has 1 spiro atoms. The Labute approximate surface area is 88.4 Å². The highest BCUT2D eigenvalue weighted by Gasteiger charge is 2.47. The van der Waals surface area contributed by atoms with Crippen LogP contribution in [0, 0.1) is 5.92 Å². The molecule has 1 aromatic heterocycles. The molecular weight excluding hydrogens is 194 g/mol. The van der Waals surface area contributed by atoms with Gasteiger partial charge < -0.3 is 9.47 Å². The Balaban J connectivity index is 1.74. The van der Waals surface area contributed by atoms with Crippen LogP contribution in [0.15, 0.2) is 12.7 Å². The molecule has 0 N–H and O–H groups in total. The number of aromatic nitrogens is 3. The molecule has 1 aliphatic heterocycles. The summed E-state index contributed by atoms with van der Waals surface area (Å²) in [4.78, 5) is 3.95. The molecule has 0 bridgehead atoms. The van der Waals surface area contributed by atoms with E-state index in [4.69, 9.17) is 9.47 Å². The van der Waals surface area contributed by atoms with Crippen molar-refractivity contribution in [3.63, 3.8) is 0 Å². The molecule has 5 heteroatoms. The van der Waals surface area contributed by atoms with Crippen molar-refractivity contribution in [1.29, 1.82) is 0 Å². The molecule has 1 unspecified atom stereocenters. The van der Waals surface area contributed by atoms with E-state index < -0.39 is 0 Å². The summed E-state index contributed by atoms with van der Waals surface area (Å²) in [5.74, 6) is 0.105. The maximum atomic E-state index is 5.78. The van der Waals surface area contributed by atoms with E-state index in [1.807, 2.05) is 4.68 Å². The Morgan fingerprint density at radius 3 is 3.00 bits per heavy atom. The van der Waals surface area contributed by atoms with Gasteiger partial charge in [0.25, 0.3) is 0 Å². The lowest BCUT2D eigenvalue weighted by Gasteiger charge is -2.29. The molecule has 2 heterocycles. The second-order valence-corrected chi connectivity index (χ2v) is 4.22. The molecule has 1 atom stereocenters. The second kappa shape index (κ2) is 3.57. The molecule has 5 nitrogen and oxygen atoms in total. The van der Waals surface area contributed by atoms with Crippen LogP contribution in [0.25, 0.3) is 0 Å². The molecular formula is C10H15N3O2. The first kappa shape index (κ1) is 9.30. The van der Waals surface area contributed by atoms with Crippen molar-refractivity contribution >= 4 is 0 Å². The SMILES string of the molecule is c1ncn(CC2CCCC23OCCO3)n1. The number of hydrogen-bond donors (Lipinski definition) is 0. The van der Waals surface area contributed by atoms with E-state index in [1.165, 1.54) is 6.42 Å². The van der Waals surface area contributed by atoms with E-state index >= 15 is 0 Å². The van der Waals surface area contributed by atoms with Crippen LogP contribution in [0.4, 0.5) is 0 Å². The summed E-state index contributed by atoms with van der Waals surface area (Å²) in [7, 11) is 0. The van der Waals surface area contributed by atoms with Crippen LogP contribution in [0.1, 0.15) is 19.3 Å². The fourth-order valence-corrected chi connectivity index (χ4v) is 2.65. The van der Waals surface area contributed by atoms with Gasteiger partial charge >= 0.3 is 0 Å². The van der Waals surface area contributed by atoms with E-state index in [-0.39, 0.29) is 5.79 Å². The molecule has 2 aliphatic rings. The zero-order chi connectivity index (χ0) is 10.1. The van der Waals surface area contributed by atoms with Gasteiger partial charge in [-0.3, -0.25) is 4.68 Å². The smallest absolute Gasteiger partial charge is 0.173 e. The van der Waals surface area contributed by atoms with Crippen molar-refractivity contribution in [1.82, 2.24) is 14.8 Å². The Hall–Kier alpha value is -0.940. The third-order valence-electron chi connectivity index (χ3n) is 3.35. The largest absolute Gasteiger partial charge is 0.347 e. The van der Waals surface area contributed by atoms with Crippen LogP contribution in [-0.2, 0) is 16.0 Å². The summed E-state index contributed by atoms with van der Waals surface area (Å²) in [5, 5.41) is 4.13. The lowest BCUT2D eigenvalue weighted by atomic mass is 10.0. The highest BCUT2D eigenvalue weighted by molar-refractivity contribution is 4.88. The number of hydrogen-bond acceptors (Lipinski definition) is 4. The minimum atomic E-state index is -0.314. The van der Waals surface area contributed by atoms with Crippen molar-refractivity contribution in [2.24, 2.45) is 5.92 Å². The summed E-state index contributed by atoms with van der Waals surface area (Å²) in [6, 6.07) is 0. The number of rotatable bonds is 2. The van der Waals surface area contributed by atoms with Gasteiger partial charge in [-0.05, 0) is 12.8 Å². The summed E-state index contributed by atoms with van der Waals surface area (Å²) in [6.45, 7) is 2.31. The van der Waals surface area contributed by atoms with E-state index in [1.54, 1.807) is 12.7 Å². The van der Waals surface area contributed by atoms with Crippen molar-refractivity contribution in [3.05, 3.63) is 12.7 Å². The zero-order valence-electron chi connectivity index (χ0n) is 8.63. The van der Waals surface area contributed by atoms with Gasteiger partial charge in [-0.2, -0.15) is 5.10 Å². The third kappa shape index (κ3) is 1.55. The minimum Gasteiger partial charge on any atom is -0.347 e. The predicted molar refractivity (Wildman–Crippen MR) is 52.0 cm³/mol. The summed E-state index contributed by atoms with van der Waals surface area (Å²) in [6.07, 6.45) is 6.67. The van der Waals surface area contributed by atoms with E-state index in [0.717, 1.165) is 32.6 Å². The van der Waals surface area contributed by atoms with Gasteiger partial charge in [-0.25, -0.2) is 4.98 Å². The Morgan fingerprint density at radius 1 is 1.40 bits per heavy atom. The highest BCUT2D eigenvalue weighted by atomic mass is 16.7. The van der Waals surface area contributed by atoms with E-state index in [9.17, 15) is 0 Å². The third-order valence-corrected chi connectivity index (χ3v) is 3.35. The molecule has 15 heavy (non-hydrogen) atoms. The summed E-state index contributed by atoms with van der Waals surface area (Å²) < 4.78 is 13.4.